The molecule has 170 valence electrons. The van der Waals surface area contributed by atoms with E-state index in [2.05, 4.69) is 31.4 Å². The van der Waals surface area contributed by atoms with Gasteiger partial charge in [0.15, 0.2) is 0 Å². The predicted molar refractivity (Wildman–Crippen MR) is 121 cm³/mol. The molecule has 2 atom stereocenters. The number of anilines is 2. The molecule has 4 rings (SSSR count). The monoisotopic (exact) mass is 440 g/mol. The number of hydrogen-bond acceptors (Lipinski definition) is 3. The van der Waals surface area contributed by atoms with Crippen LogP contribution >= 0.6 is 0 Å². The Balaban J connectivity index is 1.49. The summed E-state index contributed by atoms with van der Waals surface area (Å²) in [7, 11) is 0. The first-order valence-electron chi connectivity index (χ1n) is 10.9. The summed E-state index contributed by atoms with van der Waals surface area (Å²) in [6, 6.07) is 8.40. The van der Waals surface area contributed by atoms with Crippen molar-refractivity contribution in [3.8, 4) is 0 Å². The molecule has 3 heterocycles. The molecule has 2 aromatic rings. The SMILES string of the molecule is CC(C)(C)CC(=O)N1C[C@@H]2C[C@H](C1)c1ccc(NC(=O)Nc3cccc(F)c3)c(=O)n1C2. The van der Waals surface area contributed by atoms with E-state index >= 15 is 0 Å². The third kappa shape index (κ3) is 4.84. The van der Waals surface area contributed by atoms with E-state index in [-0.39, 0.29) is 34.4 Å². The van der Waals surface area contributed by atoms with Crippen LogP contribution in [0.3, 0.4) is 0 Å². The number of hydrogen-bond donors (Lipinski definition) is 2. The Morgan fingerprint density at radius 2 is 1.88 bits per heavy atom. The average molecular weight is 441 g/mol. The summed E-state index contributed by atoms with van der Waals surface area (Å²) < 4.78 is 15.0. The van der Waals surface area contributed by atoms with Gasteiger partial charge in [-0.1, -0.05) is 26.8 Å². The van der Waals surface area contributed by atoms with Gasteiger partial charge in [-0.3, -0.25) is 9.59 Å². The number of pyridine rings is 1. The summed E-state index contributed by atoms with van der Waals surface area (Å²) in [5, 5.41) is 5.11. The molecule has 3 amide bonds. The second kappa shape index (κ2) is 8.41. The minimum absolute atomic E-state index is 0.0643. The molecule has 1 fully saturated rings. The number of piperidine rings is 1. The van der Waals surface area contributed by atoms with Crippen LogP contribution in [0, 0.1) is 17.2 Å². The van der Waals surface area contributed by atoms with Crippen molar-refractivity contribution in [1.29, 1.82) is 0 Å². The Morgan fingerprint density at radius 1 is 1.09 bits per heavy atom. The lowest BCUT2D eigenvalue weighted by molar-refractivity contribution is -0.135. The maximum atomic E-state index is 13.3. The van der Waals surface area contributed by atoms with Crippen LogP contribution in [0.15, 0.2) is 41.2 Å². The van der Waals surface area contributed by atoms with Gasteiger partial charge in [-0.25, -0.2) is 9.18 Å². The Labute approximate surface area is 186 Å². The molecular formula is C24H29FN4O3. The lowest BCUT2D eigenvalue weighted by Crippen LogP contribution is -2.49. The number of fused-ring (bicyclic) bond motifs is 4. The quantitative estimate of drug-likeness (QED) is 0.756. The maximum Gasteiger partial charge on any atom is 0.323 e. The molecule has 2 aliphatic heterocycles. The smallest absolute Gasteiger partial charge is 0.323 e. The molecule has 2 bridgehead atoms. The van der Waals surface area contributed by atoms with Crippen molar-refractivity contribution in [2.75, 3.05) is 23.7 Å². The second-order valence-corrected chi connectivity index (χ2v) is 10.0. The molecule has 7 nitrogen and oxygen atoms in total. The van der Waals surface area contributed by atoms with Crippen molar-refractivity contribution in [1.82, 2.24) is 9.47 Å². The Morgan fingerprint density at radius 3 is 2.59 bits per heavy atom. The summed E-state index contributed by atoms with van der Waals surface area (Å²) in [6.45, 7) is 7.95. The fraction of sp³-hybridized carbons (Fsp3) is 0.458. The molecule has 1 saturated heterocycles. The van der Waals surface area contributed by atoms with Crippen molar-refractivity contribution in [3.63, 3.8) is 0 Å². The lowest BCUT2D eigenvalue weighted by Gasteiger charge is -2.43. The minimum Gasteiger partial charge on any atom is -0.342 e. The van der Waals surface area contributed by atoms with Gasteiger partial charge in [0.2, 0.25) is 5.91 Å². The number of amides is 3. The van der Waals surface area contributed by atoms with Crippen molar-refractivity contribution < 1.29 is 14.0 Å². The molecule has 1 aromatic carbocycles. The van der Waals surface area contributed by atoms with E-state index in [0.717, 1.165) is 12.1 Å². The van der Waals surface area contributed by atoms with Crippen LogP contribution in [0.1, 0.15) is 45.2 Å². The molecule has 0 spiro atoms. The molecule has 0 aliphatic carbocycles. The lowest BCUT2D eigenvalue weighted by atomic mass is 9.82. The van der Waals surface area contributed by atoms with Gasteiger partial charge in [0.1, 0.15) is 11.5 Å². The molecule has 2 aliphatic rings. The molecule has 32 heavy (non-hydrogen) atoms. The van der Waals surface area contributed by atoms with E-state index in [1.54, 1.807) is 16.7 Å². The van der Waals surface area contributed by atoms with Crippen molar-refractivity contribution in [2.24, 2.45) is 11.3 Å². The fourth-order valence-corrected chi connectivity index (χ4v) is 4.66. The van der Waals surface area contributed by atoms with Gasteiger partial charge < -0.3 is 20.1 Å². The zero-order valence-corrected chi connectivity index (χ0v) is 18.7. The average Bonchev–Trinajstić information content (AvgIpc) is 2.69. The summed E-state index contributed by atoms with van der Waals surface area (Å²) in [4.78, 5) is 40.1. The zero-order valence-electron chi connectivity index (χ0n) is 18.7. The van der Waals surface area contributed by atoms with Crippen molar-refractivity contribution >= 4 is 23.3 Å². The van der Waals surface area contributed by atoms with Crippen LogP contribution in [0.2, 0.25) is 0 Å². The number of carbonyl (C=O) groups excluding carboxylic acids is 2. The van der Waals surface area contributed by atoms with Gasteiger partial charge in [0.25, 0.3) is 5.56 Å². The number of halogens is 1. The molecule has 0 saturated carbocycles. The fourth-order valence-electron chi connectivity index (χ4n) is 4.66. The van der Waals surface area contributed by atoms with E-state index in [4.69, 9.17) is 0 Å². The van der Waals surface area contributed by atoms with Crippen molar-refractivity contribution in [2.45, 2.75) is 46.1 Å². The topological polar surface area (TPSA) is 83.4 Å². The Bertz CT molecular complexity index is 1110. The molecule has 0 unspecified atom stereocenters. The molecule has 1 aromatic heterocycles. The first-order chi connectivity index (χ1) is 15.1. The number of rotatable bonds is 3. The number of urea groups is 1. The molecular weight excluding hydrogens is 411 g/mol. The Hall–Kier alpha value is -3.16. The highest BCUT2D eigenvalue weighted by molar-refractivity contribution is 5.99. The van der Waals surface area contributed by atoms with Crippen LogP contribution in [-0.2, 0) is 11.3 Å². The van der Waals surface area contributed by atoms with E-state index in [9.17, 15) is 18.8 Å². The van der Waals surface area contributed by atoms with E-state index in [1.807, 2.05) is 11.0 Å². The predicted octanol–water partition coefficient (Wildman–Crippen LogP) is 4.01. The normalized spacial score (nSPS) is 19.8. The second-order valence-electron chi connectivity index (χ2n) is 10.0. The van der Waals surface area contributed by atoms with Gasteiger partial charge >= 0.3 is 6.03 Å². The number of nitrogens with one attached hydrogen (secondary N) is 2. The first-order valence-corrected chi connectivity index (χ1v) is 10.9. The summed E-state index contributed by atoms with van der Waals surface area (Å²) in [6.07, 6.45) is 1.45. The van der Waals surface area contributed by atoms with E-state index in [1.165, 1.54) is 18.2 Å². The van der Waals surface area contributed by atoms with Crippen LogP contribution in [0.5, 0.6) is 0 Å². The zero-order chi connectivity index (χ0) is 23.0. The van der Waals surface area contributed by atoms with Gasteiger partial charge in [-0.05, 0) is 48.1 Å². The number of aromatic nitrogens is 1. The number of nitrogens with zero attached hydrogens (tertiary/aromatic N) is 2. The molecule has 8 heteroatoms. The highest BCUT2D eigenvalue weighted by atomic mass is 19.1. The standard InChI is InChI=1S/C24H29FN4O3/c1-24(2,3)11-21(30)28-12-15-9-16(14-28)20-8-7-19(22(31)29(20)13-15)27-23(32)26-18-6-4-5-17(25)10-18/h4-8,10,15-16H,9,11-14H2,1-3H3,(H2,26,27,32)/t15-,16+/m0/s1. The van der Waals surface area contributed by atoms with Gasteiger partial charge in [0, 0.05) is 43.4 Å². The van der Waals surface area contributed by atoms with E-state index < -0.39 is 11.8 Å². The highest BCUT2D eigenvalue weighted by Crippen LogP contribution is 2.36. The Kier molecular flexibility index (Phi) is 5.79. The summed E-state index contributed by atoms with van der Waals surface area (Å²) >= 11 is 0. The van der Waals surface area contributed by atoms with Crippen LogP contribution < -0.4 is 16.2 Å². The largest absolute Gasteiger partial charge is 0.342 e. The van der Waals surface area contributed by atoms with Gasteiger partial charge in [-0.2, -0.15) is 0 Å². The number of likely N-dealkylation sites (tertiary alicyclic amines) is 1. The third-order valence-electron chi connectivity index (χ3n) is 5.97. The van der Waals surface area contributed by atoms with Gasteiger partial charge in [-0.15, -0.1) is 0 Å². The minimum atomic E-state index is -0.608. The highest BCUT2D eigenvalue weighted by Gasteiger charge is 2.37. The molecule has 0 radical (unpaired) electrons. The van der Waals surface area contributed by atoms with E-state index in [0.29, 0.717) is 31.7 Å². The summed E-state index contributed by atoms with van der Waals surface area (Å²) in [5.74, 6) is 0.0158. The van der Waals surface area contributed by atoms with Crippen LogP contribution in [0.25, 0.3) is 0 Å². The van der Waals surface area contributed by atoms with Crippen molar-refractivity contribution in [3.05, 3.63) is 58.3 Å². The number of benzene rings is 1. The van der Waals surface area contributed by atoms with Crippen LogP contribution in [0.4, 0.5) is 20.6 Å². The van der Waals surface area contributed by atoms with Gasteiger partial charge in [0.05, 0.1) is 0 Å². The number of carbonyl (C=O) groups is 2. The summed E-state index contributed by atoms with van der Waals surface area (Å²) in [5.41, 5.74) is 1.04. The van der Waals surface area contributed by atoms with Crippen LogP contribution in [-0.4, -0.2) is 34.5 Å². The molecule has 2 N–H and O–H groups in total. The first kappa shape index (κ1) is 22.0. The maximum absolute atomic E-state index is 13.3. The third-order valence-corrected chi connectivity index (χ3v) is 5.97.